The molecular weight excluding hydrogens is 372 g/mol. The van der Waals surface area contributed by atoms with Crippen molar-refractivity contribution in [1.29, 1.82) is 0 Å². The third-order valence-corrected chi connectivity index (χ3v) is 4.91. The van der Waals surface area contributed by atoms with Gasteiger partial charge < -0.3 is 15.4 Å². The molecule has 2 heterocycles. The molecule has 1 aliphatic rings. The average Bonchev–Trinajstić information content (AvgIpc) is 2.74. The van der Waals surface area contributed by atoms with Gasteiger partial charge in [0.05, 0.1) is 12.8 Å². The van der Waals surface area contributed by atoms with Crippen molar-refractivity contribution in [1.82, 2.24) is 4.98 Å². The summed E-state index contributed by atoms with van der Waals surface area (Å²) in [6.45, 7) is 2.09. The number of ether oxygens (including phenoxy) is 1. The van der Waals surface area contributed by atoms with E-state index < -0.39 is 11.6 Å². The zero-order chi connectivity index (χ0) is 20.4. The summed E-state index contributed by atoms with van der Waals surface area (Å²) in [5, 5.41) is 6.33. The second-order valence-corrected chi connectivity index (χ2v) is 6.78. The van der Waals surface area contributed by atoms with E-state index in [0.29, 0.717) is 11.6 Å². The minimum absolute atomic E-state index is 0.104. The van der Waals surface area contributed by atoms with Crippen LogP contribution < -0.4 is 15.4 Å². The Morgan fingerprint density at radius 2 is 1.90 bits per heavy atom. The van der Waals surface area contributed by atoms with E-state index in [4.69, 9.17) is 4.74 Å². The Labute approximate surface area is 168 Å². The Morgan fingerprint density at radius 1 is 1.07 bits per heavy atom. The quantitative estimate of drug-likeness (QED) is 0.580. The molecule has 0 aliphatic carbocycles. The monoisotopic (exact) mass is 393 g/mol. The number of nitrogens with zero attached hydrogens (tertiary/aromatic N) is 1. The zero-order valence-corrected chi connectivity index (χ0v) is 16.2. The van der Waals surface area contributed by atoms with E-state index >= 15 is 0 Å². The van der Waals surface area contributed by atoms with Crippen molar-refractivity contribution in [2.24, 2.45) is 0 Å². The van der Waals surface area contributed by atoms with Gasteiger partial charge in [0.25, 0.3) is 0 Å². The van der Waals surface area contributed by atoms with Crippen LogP contribution in [0.3, 0.4) is 0 Å². The molecule has 1 unspecified atom stereocenters. The molecule has 0 radical (unpaired) electrons. The van der Waals surface area contributed by atoms with E-state index in [2.05, 4.69) is 28.6 Å². The summed E-state index contributed by atoms with van der Waals surface area (Å²) in [5.41, 5.74) is 3.13. The third-order valence-electron chi connectivity index (χ3n) is 4.91. The zero-order valence-electron chi connectivity index (χ0n) is 16.2. The molecule has 3 aromatic rings. The molecule has 148 valence electrons. The third kappa shape index (κ3) is 3.78. The predicted octanol–water partition coefficient (Wildman–Crippen LogP) is 5.75. The number of para-hydroxylation sites is 1. The van der Waals surface area contributed by atoms with Crippen LogP contribution >= 0.6 is 0 Å². The average molecular weight is 393 g/mol. The van der Waals surface area contributed by atoms with Crippen LogP contribution in [0.2, 0.25) is 0 Å². The number of rotatable bonds is 5. The van der Waals surface area contributed by atoms with Gasteiger partial charge in [-0.15, -0.1) is 0 Å². The van der Waals surface area contributed by atoms with Crippen LogP contribution in [-0.4, -0.2) is 18.1 Å². The first kappa shape index (κ1) is 18.9. The van der Waals surface area contributed by atoms with Gasteiger partial charge >= 0.3 is 0 Å². The largest absolute Gasteiger partial charge is 0.496 e. The lowest BCUT2D eigenvalue weighted by Gasteiger charge is -2.26. The van der Waals surface area contributed by atoms with Gasteiger partial charge in [-0.2, -0.15) is 0 Å². The van der Waals surface area contributed by atoms with E-state index in [0.717, 1.165) is 34.9 Å². The molecule has 0 saturated heterocycles. The van der Waals surface area contributed by atoms with Crippen molar-refractivity contribution in [3.05, 3.63) is 83.4 Å². The van der Waals surface area contributed by atoms with Crippen molar-refractivity contribution in [2.75, 3.05) is 17.7 Å². The molecule has 0 saturated carbocycles. The van der Waals surface area contributed by atoms with Gasteiger partial charge in [-0.25, -0.2) is 13.8 Å². The summed E-state index contributed by atoms with van der Waals surface area (Å²) in [5.74, 6) is 0.673. The number of hydrogen-bond acceptors (Lipinski definition) is 4. The molecule has 0 amide bonds. The fraction of sp³-hybridized carbons (Fsp3) is 0.174. The lowest BCUT2D eigenvalue weighted by atomic mass is 9.92. The van der Waals surface area contributed by atoms with Crippen LogP contribution in [0.5, 0.6) is 5.75 Å². The van der Waals surface area contributed by atoms with Gasteiger partial charge in [-0.3, -0.25) is 0 Å². The molecule has 1 aromatic heterocycles. The minimum atomic E-state index is -0.668. The lowest BCUT2D eigenvalue weighted by Crippen LogP contribution is -2.22. The summed E-state index contributed by atoms with van der Waals surface area (Å²) < 4.78 is 32.7. The lowest BCUT2D eigenvalue weighted by molar-refractivity contribution is 0.413. The first-order valence-electron chi connectivity index (χ1n) is 9.44. The van der Waals surface area contributed by atoms with Gasteiger partial charge in [0, 0.05) is 23.2 Å². The fourth-order valence-electron chi connectivity index (χ4n) is 3.42. The van der Waals surface area contributed by atoms with E-state index in [1.54, 1.807) is 13.2 Å². The minimum Gasteiger partial charge on any atom is -0.496 e. The molecule has 0 bridgehead atoms. The van der Waals surface area contributed by atoms with Gasteiger partial charge in [0.1, 0.15) is 29.0 Å². The molecule has 0 fully saturated rings. The van der Waals surface area contributed by atoms with Crippen LogP contribution in [0.25, 0.3) is 5.57 Å². The van der Waals surface area contributed by atoms with Gasteiger partial charge in [0.2, 0.25) is 0 Å². The number of aromatic nitrogens is 1. The molecule has 2 aromatic carbocycles. The fourth-order valence-corrected chi connectivity index (χ4v) is 3.42. The number of methoxy groups -OCH3 is 1. The summed E-state index contributed by atoms with van der Waals surface area (Å²) in [7, 11) is 1.65. The van der Waals surface area contributed by atoms with E-state index in [-0.39, 0.29) is 11.7 Å². The first-order valence-corrected chi connectivity index (χ1v) is 9.44. The van der Waals surface area contributed by atoms with Gasteiger partial charge in [-0.05, 0) is 42.3 Å². The van der Waals surface area contributed by atoms with Crippen molar-refractivity contribution in [3.63, 3.8) is 0 Å². The standard InChI is InChI=1S/C23H21F2N3O/c1-3-15-13-18(16-6-4-5-7-21(16)29-2)17-9-11-22(28-23(17)26-15)27-20-10-8-14(24)12-19(20)25/h4-13,15H,3H2,1-2H3,(H2,26,27,28). The van der Waals surface area contributed by atoms with Crippen molar-refractivity contribution in [2.45, 2.75) is 19.4 Å². The molecule has 29 heavy (non-hydrogen) atoms. The summed E-state index contributed by atoms with van der Waals surface area (Å²) >= 11 is 0. The highest BCUT2D eigenvalue weighted by Gasteiger charge is 2.22. The summed E-state index contributed by atoms with van der Waals surface area (Å²) in [6.07, 6.45) is 3.05. The van der Waals surface area contributed by atoms with Crippen molar-refractivity contribution < 1.29 is 13.5 Å². The van der Waals surface area contributed by atoms with E-state index in [9.17, 15) is 8.78 Å². The highest BCUT2D eigenvalue weighted by Crippen LogP contribution is 2.38. The molecule has 1 aliphatic heterocycles. The Hall–Kier alpha value is -3.41. The maximum Gasteiger partial charge on any atom is 0.149 e. The number of pyridine rings is 1. The number of fused-ring (bicyclic) bond motifs is 1. The Bertz CT molecular complexity index is 1080. The van der Waals surface area contributed by atoms with Crippen molar-refractivity contribution >= 4 is 22.9 Å². The molecule has 0 spiro atoms. The van der Waals surface area contributed by atoms with Gasteiger partial charge in [0.15, 0.2) is 0 Å². The Balaban J connectivity index is 1.73. The van der Waals surface area contributed by atoms with E-state index in [1.165, 1.54) is 12.1 Å². The van der Waals surface area contributed by atoms with Crippen LogP contribution in [0.1, 0.15) is 24.5 Å². The number of benzene rings is 2. The molecule has 4 rings (SSSR count). The molecule has 6 heteroatoms. The van der Waals surface area contributed by atoms with Crippen LogP contribution in [0.4, 0.5) is 26.1 Å². The molecule has 4 nitrogen and oxygen atoms in total. The van der Waals surface area contributed by atoms with Crippen LogP contribution in [0, 0.1) is 11.6 Å². The normalized spacial score (nSPS) is 15.2. The van der Waals surface area contributed by atoms with Crippen molar-refractivity contribution in [3.8, 4) is 5.75 Å². The summed E-state index contributed by atoms with van der Waals surface area (Å²) in [6, 6.07) is 15.1. The first-order chi connectivity index (χ1) is 14.1. The SMILES string of the molecule is CCC1C=C(c2ccccc2OC)c2ccc(Nc3ccc(F)cc3F)nc2N1. The Kier molecular flexibility index (Phi) is 5.16. The predicted molar refractivity (Wildman–Crippen MR) is 112 cm³/mol. The number of anilines is 3. The van der Waals surface area contributed by atoms with Gasteiger partial charge in [-0.1, -0.05) is 31.2 Å². The van der Waals surface area contributed by atoms with Crippen LogP contribution in [-0.2, 0) is 0 Å². The second-order valence-electron chi connectivity index (χ2n) is 6.78. The Morgan fingerprint density at radius 3 is 2.66 bits per heavy atom. The van der Waals surface area contributed by atoms with E-state index in [1.807, 2.05) is 30.3 Å². The smallest absolute Gasteiger partial charge is 0.149 e. The molecule has 2 N–H and O–H groups in total. The number of halogens is 2. The highest BCUT2D eigenvalue weighted by molar-refractivity contribution is 5.90. The highest BCUT2D eigenvalue weighted by atomic mass is 19.1. The maximum atomic E-state index is 14.0. The van der Waals surface area contributed by atoms with Crippen LogP contribution in [0.15, 0.2) is 60.7 Å². The summed E-state index contributed by atoms with van der Waals surface area (Å²) in [4.78, 5) is 4.64. The topological polar surface area (TPSA) is 46.2 Å². The molecular formula is C23H21F2N3O. The second kappa shape index (κ2) is 7.91. The maximum absolute atomic E-state index is 14.0. The molecule has 1 atom stereocenters. The number of hydrogen-bond donors (Lipinski definition) is 2. The number of nitrogens with one attached hydrogen (secondary N) is 2.